The zero-order valence-corrected chi connectivity index (χ0v) is 9.99. The summed E-state index contributed by atoms with van der Waals surface area (Å²) in [7, 11) is 0. The summed E-state index contributed by atoms with van der Waals surface area (Å²) in [4.78, 5) is 11.5. The average molecular weight is 240 g/mol. The lowest BCUT2D eigenvalue weighted by molar-refractivity contribution is -0.238. The maximum Gasteiger partial charge on any atom is 0.404 e. The summed E-state index contributed by atoms with van der Waals surface area (Å²) in [6.07, 6.45) is -4.20. The van der Waals surface area contributed by atoms with Gasteiger partial charge in [0, 0.05) is 0 Å². The molecule has 0 aliphatic carbocycles. The van der Waals surface area contributed by atoms with Gasteiger partial charge in [-0.2, -0.15) is 13.2 Å². The molecule has 1 atom stereocenters. The molecule has 0 rings (SSSR count). The first-order valence-electron chi connectivity index (χ1n) is 5.59. The quantitative estimate of drug-likeness (QED) is 0.662. The Morgan fingerprint density at radius 2 is 1.69 bits per heavy atom. The molecule has 0 aliphatic heterocycles. The standard InChI is InChI=1S/C11H19F3O2/c1-4-7-10(6-3,11(12,13)14)9(15)16-8-5-2/h4-8H2,1-3H3. The molecule has 0 saturated heterocycles. The van der Waals surface area contributed by atoms with Crippen LogP contribution in [-0.4, -0.2) is 18.8 Å². The lowest BCUT2D eigenvalue weighted by Gasteiger charge is -2.32. The number of halogens is 3. The van der Waals surface area contributed by atoms with Crippen LogP contribution < -0.4 is 0 Å². The Kier molecular flexibility index (Phi) is 5.83. The molecule has 0 aliphatic rings. The first-order valence-corrected chi connectivity index (χ1v) is 5.59. The van der Waals surface area contributed by atoms with Gasteiger partial charge in [-0.05, 0) is 19.3 Å². The van der Waals surface area contributed by atoms with Crippen molar-refractivity contribution >= 4 is 5.97 Å². The van der Waals surface area contributed by atoms with E-state index in [0.717, 1.165) is 0 Å². The Hall–Kier alpha value is -0.740. The van der Waals surface area contributed by atoms with E-state index in [9.17, 15) is 18.0 Å². The molecule has 5 heteroatoms. The minimum atomic E-state index is -4.54. The molecular weight excluding hydrogens is 221 g/mol. The van der Waals surface area contributed by atoms with E-state index in [1.807, 2.05) is 0 Å². The van der Waals surface area contributed by atoms with Gasteiger partial charge in [-0.25, -0.2) is 0 Å². The molecule has 0 saturated carbocycles. The number of carbonyl (C=O) groups is 1. The van der Waals surface area contributed by atoms with Gasteiger partial charge in [-0.1, -0.05) is 27.2 Å². The molecule has 96 valence electrons. The van der Waals surface area contributed by atoms with E-state index in [-0.39, 0.29) is 19.4 Å². The fraction of sp³-hybridized carbons (Fsp3) is 0.909. The van der Waals surface area contributed by atoms with E-state index in [2.05, 4.69) is 4.74 Å². The summed E-state index contributed by atoms with van der Waals surface area (Å²) in [5.41, 5.74) is -2.32. The highest BCUT2D eigenvalue weighted by atomic mass is 19.4. The largest absolute Gasteiger partial charge is 0.465 e. The van der Waals surface area contributed by atoms with Crippen molar-refractivity contribution in [3.63, 3.8) is 0 Å². The summed E-state index contributed by atoms with van der Waals surface area (Å²) in [6.45, 7) is 4.79. The molecule has 0 aromatic rings. The predicted octanol–water partition coefficient (Wildman–Crippen LogP) is 3.70. The van der Waals surface area contributed by atoms with Crippen LogP contribution in [0, 0.1) is 5.41 Å². The molecule has 0 N–H and O–H groups in total. The van der Waals surface area contributed by atoms with Crippen LogP contribution in [0.25, 0.3) is 0 Å². The van der Waals surface area contributed by atoms with Crippen molar-refractivity contribution in [2.24, 2.45) is 5.41 Å². The third-order valence-electron chi connectivity index (χ3n) is 2.65. The van der Waals surface area contributed by atoms with Crippen molar-refractivity contribution in [1.82, 2.24) is 0 Å². The van der Waals surface area contributed by atoms with Gasteiger partial charge in [0.2, 0.25) is 0 Å². The highest BCUT2D eigenvalue weighted by Gasteiger charge is 2.59. The Bertz CT molecular complexity index is 226. The van der Waals surface area contributed by atoms with E-state index in [4.69, 9.17) is 0 Å². The van der Waals surface area contributed by atoms with Crippen molar-refractivity contribution < 1.29 is 22.7 Å². The number of carbonyl (C=O) groups excluding carboxylic acids is 1. The van der Waals surface area contributed by atoms with Crippen LogP contribution in [0.4, 0.5) is 13.2 Å². The SMILES string of the molecule is CCCOC(=O)C(CC)(CCC)C(F)(F)F. The maximum absolute atomic E-state index is 12.9. The van der Waals surface area contributed by atoms with Crippen LogP contribution in [0.1, 0.15) is 46.5 Å². The Morgan fingerprint density at radius 3 is 2.00 bits per heavy atom. The van der Waals surface area contributed by atoms with Crippen molar-refractivity contribution in [3.8, 4) is 0 Å². The summed E-state index contributed by atoms with van der Waals surface area (Å²) in [6, 6.07) is 0. The molecule has 2 nitrogen and oxygen atoms in total. The Morgan fingerprint density at radius 1 is 1.12 bits per heavy atom. The smallest absolute Gasteiger partial charge is 0.404 e. The second kappa shape index (κ2) is 6.11. The third-order valence-corrected chi connectivity index (χ3v) is 2.65. The van der Waals surface area contributed by atoms with Crippen LogP contribution in [-0.2, 0) is 9.53 Å². The van der Waals surface area contributed by atoms with E-state index >= 15 is 0 Å². The zero-order chi connectivity index (χ0) is 12.8. The van der Waals surface area contributed by atoms with Gasteiger partial charge in [0.15, 0.2) is 5.41 Å². The van der Waals surface area contributed by atoms with E-state index in [1.54, 1.807) is 13.8 Å². The van der Waals surface area contributed by atoms with E-state index in [1.165, 1.54) is 6.92 Å². The second-order valence-corrected chi connectivity index (χ2v) is 3.82. The fourth-order valence-corrected chi connectivity index (χ4v) is 1.64. The number of rotatable bonds is 6. The number of esters is 1. The summed E-state index contributed by atoms with van der Waals surface area (Å²) < 4.78 is 43.5. The van der Waals surface area contributed by atoms with Gasteiger partial charge in [0.05, 0.1) is 6.61 Å². The van der Waals surface area contributed by atoms with Crippen LogP contribution in [0.2, 0.25) is 0 Å². The third kappa shape index (κ3) is 3.12. The van der Waals surface area contributed by atoms with E-state index in [0.29, 0.717) is 12.8 Å². The number of ether oxygens (including phenoxy) is 1. The molecule has 0 heterocycles. The van der Waals surface area contributed by atoms with Crippen LogP contribution in [0.3, 0.4) is 0 Å². The lowest BCUT2D eigenvalue weighted by atomic mass is 9.80. The fourth-order valence-electron chi connectivity index (χ4n) is 1.64. The highest BCUT2D eigenvalue weighted by Crippen LogP contribution is 2.45. The van der Waals surface area contributed by atoms with E-state index < -0.39 is 17.6 Å². The van der Waals surface area contributed by atoms with Crippen LogP contribution >= 0.6 is 0 Å². The molecular formula is C11H19F3O2. The topological polar surface area (TPSA) is 26.3 Å². The molecule has 1 unspecified atom stereocenters. The van der Waals surface area contributed by atoms with Crippen molar-refractivity contribution in [3.05, 3.63) is 0 Å². The first kappa shape index (κ1) is 15.3. The summed E-state index contributed by atoms with van der Waals surface area (Å²) in [5, 5.41) is 0. The van der Waals surface area contributed by atoms with Crippen LogP contribution in [0.15, 0.2) is 0 Å². The molecule has 0 amide bonds. The normalized spacial score (nSPS) is 15.6. The van der Waals surface area contributed by atoms with Gasteiger partial charge >= 0.3 is 12.1 Å². The second-order valence-electron chi connectivity index (χ2n) is 3.82. The molecule has 0 bridgehead atoms. The molecule has 16 heavy (non-hydrogen) atoms. The van der Waals surface area contributed by atoms with Crippen molar-refractivity contribution in [2.75, 3.05) is 6.61 Å². The number of hydrogen-bond acceptors (Lipinski definition) is 2. The first-order chi connectivity index (χ1) is 7.35. The molecule has 0 aromatic carbocycles. The monoisotopic (exact) mass is 240 g/mol. The molecule has 0 fully saturated rings. The van der Waals surface area contributed by atoms with Crippen molar-refractivity contribution in [2.45, 2.75) is 52.6 Å². The number of hydrogen-bond donors (Lipinski definition) is 0. The predicted molar refractivity (Wildman–Crippen MR) is 54.9 cm³/mol. The molecule has 0 radical (unpaired) electrons. The van der Waals surface area contributed by atoms with Crippen LogP contribution in [0.5, 0.6) is 0 Å². The van der Waals surface area contributed by atoms with Gasteiger partial charge < -0.3 is 4.74 Å². The van der Waals surface area contributed by atoms with Gasteiger partial charge in [0.25, 0.3) is 0 Å². The highest BCUT2D eigenvalue weighted by molar-refractivity contribution is 5.77. The van der Waals surface area contributed by atoms with Gasteiger partial charge in [-0.15, -0.1) is 0 Å². The minimum absolute atomic E-state index is 0.0420. The lowest BCUT2D eigenvalue weighted by Crippen LogP contribution is -2.45. The maximum atomic E-state index is 12.9. The molecule has 0 spiro atoms. The zero-order valence-electron chi connectivity index (χ0n) is 9.99. The number of alkyl halides is 3. The Balaban J connectivity index is 4.96. The van der Waals surface area contributed by atoms with Gasteiger partial charge in [-0.3, -0.25) is 4.79 Å². The molecule has 0 aromatic heterocycles. The average Bonchev–Trinajstić information content (AvgIpc) is 2.20. The van der Waals surface area contributed by atoms with Crippen molar-refractivity contribution in [1.29, 1.82) is 0 Å². The minimum Gasteiger partial charge on any atom is -0.465 e. The summed E-state index contributed by atoms with van der Waals surface area (Å²) >= 11 is 0. The summed E-state index contributed by atoms with van der Waals surface area (Å²) in [5.74, 6) is -1.13. The Labute approximate surface area is 94.2 Å². The van der Waals surface area contributed by atoms with Gasteiger partial charge in [0.1, 0.15) is 0 Å².